The zero-order chi connectivity index (χ0) is 18.2. The molecule has 1 N–H and O–H groups in total. The zero-order valence-electron chi connectivity index (χ0n) is 15.5. The average Bonchev–Trinajstić information content (AvgIpc) is 2.65. The summed E-state index contributed by atoms with van der Waals surface area (Å²) in [6.07, 6.45) is 12.0. The normalized spacial score (nSPS) is 21.2. The molecule has 1 aliphatic rings. The third-order valence-electron chi connectivity index (χ3n) is 4.87. The van der Waals surface area contributed by atoms with Gasteiger partial charge in [-0.1, -0.05) is 74.6 Å². The van der Waals surface area contributed by atoms with E-state index in [0.29, 0.717) is 23.3 Å². The van der Waals surface area contributed by atoms with Crippen LogP contribution in [0.1, 0.15) is 27.2 Å². The SMILES string of the molecule is C=C(C(=N)CSc1ccccc1)C(CC)/C(=C/C)C1C=CC=CC1C. The van der Waals surface area contributed by atoms with Crippen molar-refractivity contribution in [1.29, 1.82) is 5.41 Å². The molecule has 0 amide bonds. The minimum Gasteiger partial charge on any atom is -0.304 e. The van der Waals surface area contributed by atoms with Gasteiger partial charge >= 0.3 is 0 Å². The monoisotopic (exact) mass is 351 g/mol. The fourth-order valence-corrected chi connectivity index (χ4v) is 4.26. The molecule has 132 valence electrons. The molecular weight excluding hydrogens is 322 g/mol. The van der Waals surface area contributed by atoms with Gasteiger partial charge in [-0.2, -0.15) is 0 Å². The van der Waals surface area contributed by atoms with Crippen molar-refractivity contribution in [3.63, 3.8) is 0 Å². The number of hydrogen-bond donors (Lipinski definition) is 1. The van der Waals surface area contributed by atoms with Gasteiger partial charge in [0.15, 0.2) is 0 Å². The maximum Gasteiger partial charge on any atom is 0.0448 e. The standard InChI is InChI=1S/C23H29NS/c1-5-20(21(6-2)22-15-11-10-12-17(22)3)18(4)23(24)16-25-19-13-8-7-9-14-19/h6-15,17,20,22,24H,4-5,16H2,1-3H3/b21-6-,24-23?. The van der Waals surface area contributed by atoms with Gasteiger partial charge in [-0.15, -0.1) is 11.8 Å². The lowest BCUT2D eigenvalue weighted by atomic mass is 9.74. The van der Waals surface area contributed by atoms with Crippen molar-refractivity contribution < 1.29 is 0 Å². The maximum atomic E-state index is 8.53. The van der Waals surface area contributed by atoms with E-state index in [2.05, 4.69) is 69.9 Å². The van der Waals surface area contributed by atoms with Crippen LogP contribution in [0.15, 0.2) is 83.3 Å². The quantitative estimate of drug-likeness (QED) is 0.314. The summed E-state index contributed by atoms with van der Waals surface area (Å²) in [7, 11) is 0. The van der Waals surface area contributed by atoms with E-state index in [9.17, 15) is 0 Å². The van der Waals surface area contributed by atoms with Crippen LogP contribution >= 0.6 is 11.8 Å². The number of benzene rings is 1. The van der Waals surface area contributed by atoms with Crippen LogP contribution in [0.2, 0.25) is 0 Å². The second kappa shape index (κ2) is 9.62. The van der Waals surface area contributed by atoms with Crippen molar-refractivity contribution in [3.05, 3.63) is 78.4 Å². The van der Waals surface area contributed by atoms with Crippen molar-refractivity contribution in [3.8, 4) is 0 Å². The number of allylic oxidation sites excluding steroid dienone is 7. The predicted molar refractivity (Wildman–Crippen MR) is 113 cm³/mol. The summed E-state index contributed by atoms with van der Waals surface area (Å²) < 4.78 is 0. The summed E-state index contributed by atoms with van der Waals surface area (Å²) in [4.78, 5) is 1.20. The highest BCUT2D eigenvalue weighted by Gasteiger charge is 2.26. The molecule has 1 nitrogen and oxygen atoms in total. The fourth-order valence-electron chi connectivity index (χ4n) is 3.42. The first-order chi connectivity index (χ1) is 12.1. The molecule has 2 rings (SSSR count). The lowest BCUT2D eigenvalue weighted by Crippen LogP contribution is -2.22. The van der Waals surface area contributed by atoms with Crippen LogP contribution in [0.4, 0.5) is 0 Å². The van der Waals surface area contributed by atoms with Gasteiger partial charge in [-0.25, -0.2) is 0 Å². The van der Waals surface area contributed by atoms with E-state index < -0.39 is 0 Å². The third-order valence-corrected chi connectivity index (χ3v) is 5.91. The van der Waals surface area contributed by atoms with Gasteiger partial charge < -0.3 is 5.41 Å². The van der Waals surface area contributed by atoms with Crippen molar-refractivity contribution >= 4 is 17.5 Å². The van der Waals surface area contributed by atoms with Gasteiger partial charge in [-0.3, -0.25) is 0 Å². The summed E-state index contributed by atoms with van der Waals surface area (Å²) >= 11 is 1.71. The molecule has 0 radical (unpaired) electrons. The van der Waals surface area contributed by atoms with Crippen LogP contribution in [0.3, 0.4) is 0 Å². The minimum absolute atomic E-state index is 0.248. The maximum absolute atomic E-state index is 8.53. The molecule has 1 aromatic rings. The number of nitrogens with one attached hydrogen (secondary N) is 1. The van der Waals surface area contributed by atoms with Crippen molar-refractivity contribution in [2.45, 2.75) is 32.1 Å². The molecule has 1 aromatic carbocycles. The van der Waals surface area contributed by atoms with E-state index >= 15 is 0 Å². The third kappa shape index (κ3) is 5.09. The van der Waals surface area contributed by atoms with Crippen molar-refractivity contribution in [2.75, 3.05) is 5.75 Å². The van der Waals surface area contributed by atoms with Crippen LogP contribution < -0.4 is 0 Å². The van der Waals surface area contributed by atoms with Crippen molar-refractivity contribution in [2.24, 2.45) is 17.8 Å². The molecule has 2 heteroatoms. The Morgan fingerprint density at radius 1 is 1.24 bits per heavy atom. The van der Waals surface area contributed by atoms with E-state index in [4.69, 9.17) is 5.41 Å². The summed E-state index contributed by atoms with van der Waals surface area (Å²) in [5, 5.41) is 8.53. The smallest absolute Gasteiger partial charge is 0.0448 e. The van der Waals surface area contributed by atoms with E-state index in [1.807, 2.05) is 18.2 Å². The Labute approximate surface area is 157 Å². The van der Waals surface area contributed by atoms with Gasteiger partial charge in [0.1, 0.15) is 0 Å². The Bertz CT molecular complexity index is 681. The van der Waals surface area contributed by atoms with Crippen LogP contribution in [-0.4, -0.2) is 11.5 Å². The number of rotatable bonds is 8. The highest BCUT2D eigenvalue weighted by Crippen LogP contribution is 2.36. The molecule has 0 fully saturated rings. The molecule has 25 heavy (non-hydrogen) atoms. The summed E-state index contributed by atoms with van der Waals surface area (Å²) in [5.41, 5.74) is 3.02. The second-order valence-corrected chi connectivity index (χ2v) is 7.56. The van der Waals surface area contributed by atoms with Crippen LogP contribution in [0, 0.1) is 23.2 Å². The largest absolute Gasteiger partial charge is 0.304 e. The Balaban J connectivity index is 2.07. The Kier molecular flexibility index (Phi) is 7.52. The highest BCUT2D eigenvalue weighted by molar-refractivity contribution is 8.00. The molecule has 0 heterocycles. The first-order valence-corrected chi connectivity index (χ1v) is 10.0. The van der Waals surface area contributed by atoms with Crippen LogP contribution in [0.5, 0.6) is 0 Å². The second-order valence-electron chi connectivity index (χ2n) is 6.51. The zero-order valence-corrected chi connectivity index (χ0v) is 16.4. The predicted octanol–water partition coefficient (Wildman–Crippen LogP) is 6.71. The van der Waals surface area contributed by atoms with E-state index in [0.717, 1.165) is 12.0 Å². The highest BCUT2D eigenvalue weighted by atomic mass is 32.2. The molecule has 0 saturated carbocycles. The molecule has 3 atom stereocenters. The average molecular weight is 352 g/mol. The molecular formula is C23H29NS. The summed E-state index contributed by atoms with van der Waals surface area (Å²) in [5.74, 6) is 1.82. The van der Waals surface area contributed by atoms with Crippen molar-refractivity contribution in [1.82, 2.24) is 0 Å². The topological polar surface area (TPSA) is 23.9 Å². The van der Waals surface area contributed by atoms with E-state index in [1.54, 1.807) is 11.8 Å². The molecule has 0 spiro atoms. The lowest BCUT2D eigenvalue weighted by Gasteiger charge is -2.30. The Morgan fingerprint density at radius 2 is 1.92 bits per heavy atom. The minimum atomic E-state index is 0.248. The number of hydrogen-bond acceptors (Lipinski definition) is 2. The molecule has 3 unspecified atom stereocenters. The molecule has 0 aliphatic heterocycles. The van der Waals surface area contributed by atoms with E-state index in [-0.39, 0.29) is 5.92 Å². The fraction of sp³-hybridized carbons (Fsp3) is 0.348. The lowest BCUT2D eigenvalue weighted by molar-refractivity contribution is 0.513. The van der Waals surface area contributed by atoms with Gasteiger partial charge in [0.05, 0.1) is 0 Å². The van der Waals surface area contributed by atoms with Crippen LogP contribution in [0.25, 0.3) is 0 Å². The first-order valence-electron chi connectivity index (χ1n) is 9.04. The number of thioether (sulfide) groups is 1. The Hall–Kier alpha value is -1.80. The Morgan fingerprint density at radius 3 is 2.52 bits per heavy atom. The first kappa shape index (κ1) is 19.5. The van der Waals surface area contributed by atoms with Gasteiger partial charge in [0.25, 0.3) is 0 Å². The summed E-state index contributed by atoms with van der Waals surface area (Å²) in [6, 6.07) is 10.3. The molecule has 0 saturated heterocycles. The molecule has 0 aromatic heterocycles. The molecule has 1 aliphatic carbocycles. The summed E-state index contributed by atoms with van der Waals surface area (Å²) in [6.45, 7) is 10.9. The molecule has 0 bridgehead atoms. The van der Waals surface area contributed by atoms with Crippen LogP contribution in [-0.2, 0) is 0 Å². The van der Waals surface area contributed by atoms with Gasteiger partial charge in [-0.05, 0) is 37.0 Å². The van der Waals surface area contributed by atoms with Gasteiger partial charge in [0, 0.05) is 28.2 Å². The van der Waals surface area contributed by atoms with Gasteiger partial charge in [0.2, 0.25) is 0 Å². The van der Waals surface area contributed by atoms with E-state index in [1.165, 1.54) is 10.5 Å².